The van der Waals surface area contributed by atoms with Crippen molar-refractivity contribution in [1.29, 1.82) is 0 Å². The summed E-state index contributed by atoms with van der Waals surface area (Å²) in [6.07, 6.45) is 0. The third-order valence-corrected chi connectivity index (χ3v) is 3.59. The van der Waals surface area contributed by atoms with E-state index in [-0.39, 0.29) is 5.82 Å². The van der Waals surface area contributed by atoms with Gasteiger partial charge in [-0.15, -0.1) is 0 Å². The Morgan fingerprint density at radius 3 is 2.78 bits per heavy atom. The van der Waals surface area contributed by atoms with Gasteiger partial charge in [0.1, 0.15) is 11.6 Å². The van der Waals surface area contributed by atoms with Gasteiger partial charge in [-0.05, 0) is 34.1 Å². The first kappa shape index (κ1) is 11.7. The van der Waals surface area contributed by atoms with Gasteiger partial charge in [0.05, 0.1) is 20.5 Å². The molecule has 1 aromatic heterocycles. The number of hydrogen-bond acceptors (Lipinski definition) is 1. The molecule has 2 aromatic carbocycles. The fourth-order valence-electron chi connectivity index (χ4n) is 1.79. The molecule has 90 valence electrons. The topological polar surface area (TPSA) is 28.7 Å². The van der Waals surface area contributed by atoms with E-state index in [9.17, 15) is 4.39 Å². The number of imidazole rings is 1. The van der Waals surface area contributed by atoms with E-state index < -0.39 is 0 Å². The molecule has 18 heavy (non-hydrogen) atoms. The predicted molar refractivity (Wildman–Crippen MR) is 74.2 cm³/mol. The summed E-state index contributed by atoms with van der Waals surface area (Å²) >= 11 is 9.25. The number of nitrogens with zero attached hydrogens (tertiary/aromatic N) is 1. The largest absolute Gasteiger partial charge is 0.338 e. The Balaban J connectivity index is 2.23. The molecule has 1 N–H and O–H groups in total. The van der Waals surface area contributed by atoms with Gasteiger partial charge in [0.15, 0.2) is 0 Å². The molecule has 5 heteroatoms. The van der Waals surface area contributed by atoms with Crippen LogP contribution in [0.4, 0.5) is 4.39 Å². The molecule has 0 unspecified atom stereocenters. The summed E-state index contributed by atoms with van der Waals surface area (Å²) in [4.78, 5) is 7.47. The zero-order valence-electron chi connectivity index (χ0n) is 9.05. The average molecular weight is 326 g/mol. The van der Waals surface area contributed by atoms with E-state index in [0.29, 0.717) is 26.4 Å². The van der Waals surface area contributed by atoms with Gasteiger partial charge in [0.25, 0.3) is 0 Å². The Morgan fingerprint density at radius 2 is 2.00 bits per heavy atom. The van der Waals surface area contributed by atoms with Crippen LogP contribution in [-0.4, -0.2) is 9.97 Å². The third kappa shape index (κ3) is 1.91. The van der Waals surface area contributed by atoms with Gasteiger partial charge < -0.3 is 4.98 Å². The van der Waals surface area contributed by atoms with Crippen molar-refractivity contribution in [2.24, 2.45) is 0 Å². The van der Waals surface area contributed by atoms with Crippen LogP contribution in [0.2, 0.25) is 5.02 Å². The van der Waals surface area contributed by atoms with Crippen LogP contribution >= 0.6 is 27.5 Å². The number of nitrogens with one attached hydrogen (secondary N) is 1. The lowest BCUT2D eigenvalue weighted by Crippen LogP contribution is -1.80. The maximum atomic E-state index is 13.4. The molecule has 0 saturated carbocycles. The summed E-state index contributed by atoms with van der Waals surface area (Å²) in [6, 6.07) is 10.4. The number of rotatable bonds is 1. The molecule has 3 aromatic rings. The second kappa shape index (κ2) is 4.37. The number of hydrogen-bond donors (Lipinski definition) is 1. The maximum absolute atomic E-state index is 13.4. The molecule has 0 radical (unpaired) electrons. The van der Waals surface area contributed by atoms with Gasteiger partial charge in [-0.25, -0.2) is 9.37 Å². The molecule has 0 spiro atoms. The predicted octanol–water partition coefficient (Wildman–Crippen LogP) is 4.78. The number of H-pyrrole nitrogens is 1. The lowest BCUT2D eigenvalue weighted by atomic mass is 10.2. The molecule has 3 rings (SSSR count). The van der Waals surface area contributed by atoms with Crippen LogP contribution in [0.3, 0.4) is 0 Å². The van der Waals surface area contributed by atoms with Crippen molar-refractivity contribution in [1.82, 2.24) is 9.97 Å². The molecular weight excluding hydrogens is 319 g/mol. The highest BCUT2D eigenvalue weighted by Gasteiger charge is 2.10. The molecule has 0 amide bonds. The first-order valence-corrected chi connectivity index (χ1v) is 6.42. The number of aromatic nitrogens is 2. The highest BCUT2D eigenvalue weighted by atomic mass is 79.9. The summed E-state index contributed by atoms with van der Waals surface area (Å²) in [5, 5.41) is 0.607. The van der Waals surface area contributed by atoms with Gasteiger partial charge in [-0.2, -0.15) is 0 Å². The standard InChI is InChI=1S/C13H7BrClFN2/c14-8-5-11-12(6-10(8)16)18-13(17-11)7-3-1-2-4-9(7)15/h1-6H,(H,17,18). The Morgan fingerprint density at radius 1 is 1.22 bits per heavy atom. The Kier molecular flexibility index (Phi) is 2.84. The van der Waals surface area contributed by atoms with Gasteiger partial charge >= 0.3 is 0 Å². The maximum Gasteiger partial charge on any atom is 0.139 e. The first-order chi connectivity index (χ1) is 8.65. The van der Waals surface area contributed by atoms with Crippen LogP contribution in [0.15, 0.2) is 40.9 Å². The van der Waals surface area contributed by atoms with Crippen LogP contribution in [0.25, 0.3) is 22.4 Å². The molecule has 1 heterocycles. The van der Waals surface area contributed by atoms with E-state index >= 15 is 0 Å². The fourth-order valence-corrected chi connectivity index (χ4v) is 2.34. The zero-order chi connectivity index (χ0) is 12.7. The quantitative estimate of drug-likeness (QED) is 0.685. The van der Waals surface area contributed by atoms with E-state index in [1.807, 2.05) is 18.2 Å². The monoisotopic (exact) mass is 324 g/mol. The average Bonchev–Trinajstić information content (AvgIpc) is 2.73. The minimum absolute atomic E-state index is 0.322. The normalized spacial score (nSPS) is 11.1. The van der Waals surface area contributed by atoms with E-state index in [1.165, 1.54) is 6.07 Å². The summed E-state index contributed by atoms with van der Waals surface area (Å²) in [5.74, 6) is 0.310. The molecular formula is C13H7BrClFN2. The second-order valence-electron chi connectivity index (χ2n) is 3.85. The molecule has 0 saturated heterocycles. The lowest BCUT2D eigenvalue weighted by molar-refractivity contribution is 0.623. The molecule has 0 atom stereocenters. The molecule has 2 nitrogen and oxygen atoms in total. The summed E-state index contributed by atoms with van der Waals surface area (Å²) < 4.78 is 13.8. The highest BCUT2D eigenvalue weighted by molar-refractivity contribution is 9.10. The van der Waals surface area contributed by atoms with Crippen LogP contribution in [0.1, 0.15) is 0 Å². The van der Waals surface area contributed by atoms with Gasteiger partial charge in [-0.3, -0.25) is 0 Å². The fraction of sp³-hybridized carbons (Fsp3) is 0. The van der Waals surface area contributed by atoms with Crippen molar-refractivity contribution >= 4 is 38.6 Å². The van der Waals surface area contributed by atoms with E-state index in [2.05, 4.69) is 25.9 Å². The van der Waals surface area contributed by atoms with Crippen molar-refractivity contribution in [3.63, 3.8) is 0 Å². The number of fused-ring (bicyclic) bond motifs is 1. The Labute approximate surface area is 116 Å². The Hall–Kier alpha value is -1.39. The second-order valence-corrected chi connectivity index (χ2v) is 5.11. The minimum atomic E-state index is -0.322. The van der Waals surface area contributed by atoms with Gasteiger partial charge in [-0.1, -0.05) is 23.7 Å². The summed E-state index contributed by atoms with van der Waals surface area (Å²) in [6.45, 7) is 0. The number of benzene rings is 2. The van der Waals surface area contributed by atoms with Crippen LogP contribution in [0.5, 0.6) is 0 Å². The lowest BCUT2D eigenvalue weighted by Gasteiger charge is -1.98. The molecule has 0 aliphatic rings. The minimum Gasteiger partial charge on any atom is -0.338 e. The van der Waals surface area contributed by atoms with Crippen molar-refractivity contribution in [2.45, 2.75) is 0 Å². The van der Waals surface area contributed by atoms with E-state index in [1.54, 1.807) is 12.1 Å². The third-order valence-electron chi connectivity index (χ3n) is 2.65. The number of halogens is 3. The SMILES string of the molecule is Fc1cc2[nH]c(-c3ccccc3Cl)nc2cc1Br. The Bertz CT molecular complexity index is 700. The zero-order valence-corrected chi connectivity index (χ0v) is 11.4. The van der Waals surface area contributed by atoms with Crippen LogP contribution in [0, 0.1) is 5.82 Å². The van der Waals surface area contributed by atoms with Gasteiger partial charge in [0.2, 0.25) is 0 Å². The summed E-state index contributed by atoms with van der Waals surface area (Å²) in [5.41, 5.74) is 2.13. The highest BCUT2D eigenvalue weighted by Crippen LogP contribution is 2.29. The van der Waals surface area contributed by atoms with Gasteiger partial charge in [0, 0.05) is 11.6 Å². The molecule has 0 aliphatic heterocycles. The van der Waals surface area contributed by atoms with Crippen LogP contribution < -0.4 is 0 Å². The van der Waals surface area contributed by atoms with E-state index in [4.69, 9.17) is 11.6 Å². The molecule has 0 aliphatic carbocycles. The summed E-state index contributed by atoms with van der Waals surface area (Å²) in [7, 11) is 0. The molecule has 0 bridgehead atoms. The van der Waals surface area contributed by atoms with Crippen molar-refractivity contribution in [2.75, 3.05) is 0 Å². The van der Waals surface area contributed by atoms with E-state index in [0.717, 1.165) is 5.56 Å². The van der Waals surface area contributed by atoms with Crippen molar-refractivity contribution < 1.29 is 4.39 Å². The molecule has 0 fully saturated rings. The van der Waals surface area contributed by atoms with Crippen LogP contribution in [-0.2, 0) is 0 Å². The first-order valence-electron chi connectivity index (χ1n) is 5.25. The number of aromatic amines is 1. The smallest absolute Gasteiger partial charge is 0.139 e. The van der Waals surface area contributed by atoms with Crippen molar-refractivity contribution in [3.8, 4) is 11.4 Å². The van der Waals surface area contributed by atoms with Crippen molar-refractivity contribution in [3.05, 3.63) is 51.7 Å².